The number of benzene rings is 1. The molecule has 8 heteroatoms. The Labute approximate surface area is 156 Å². The summed E-state index contributed by atoms with van der Waals surface area (Å²) < 4.78 is 22.5. The second-order valence-corrected chi connectivity index (χ2v) is 6.70. The Balaban J connectivity index is 2.38. The van der Waals surface area contributed by atoms with Crippen molar-refractivity contribution in [2.45, 2.75) is 25.7 Å². The third-order valence-corrected chi connectivity index (χ3v) is 5.71. The third-order valence-electron chi connectivity index (χ3n) is 5.71. The van der Waals surface area contributed by atoms with Crippen LogP contribution in [0.15, 0.2) is 18.2 Å². The van der Waals surface area contributed by atoms with Crippen LogP contribution in [0.2, 0.25) is 0 Å². The van der Waals surface area contributed by atoms with Gasteiger partial charge in [0.15, 0.2) is 22.3 Å². The summed E-state index contributed by atoms with van der Waals surface area (Å²) in [5, 5.41) is 38.5. The summed E-state index contributed by atoms with van der Waals surface area (Å²) in [6.07, 6.45) is -1.13. The van der Waals surface area contributed by atoms with E-state index in [1.807, 2.05) is 18.2 Å². The third kappa shape index (κ3) is 1.95. The lowest BCUT2D eigenvalue weighted by molar-refractivity contribution is -0.338. The second kappa shape index (κ2) is 5.87. The summed E-state index contributed by atoms with van der Waals surface area (Å²) in [6.45, 7) is 3.18. The van der Waals surface area contributed by atoms with E-state index < -0.39 is 34.5 Å². The Bertz CT molecular complexity index is 926. The van der Waals surface area contributed by atoms with Gasteiger partial charge in [-0.15, -0.1) is 0 Å². The van der Waals surface area contributed by atoms with E-state index in [1.54, 1.807) is 32.0 Å². The quantitative estimate of drug-likeness (QED) is 0.869. The molecule has 0 aliphatic carbocycles. The van der Waals surface area contributed by atoms with Gasteiger partial charge in [0.25, 0.3) is 0 Å². The minimum atomic E-state index is -1.96. The zero-order valence-electron chi connectivity index (χ0n) is 15.4. The maximum Gasteiger partial charge on any atom is 0.215 e. The standard InChI is InChI=1S/C19H18N4O4/c1-11-17(2)26-15(12-6-5-7-13(24-3)14(12)25-4)19(10-22,16(23)27-17)18(11,8-20)9-21/h5-7,11,15,23H,1-4H3/t11-,15-,17-,19-/m1/s1. The fourth-order valence-electron chi connectivity index (χ4n) is 4.07. The molecule has 4 rings (SSSR count). The van der Waals surface area contributed by atoms with Gasteiger partial charge in [0.05, 0.1) is 38.3 Å². The van der Waals surface area contributed by atoms with Gasteiger partial charge in [-0.25, -0.2) is 0 Å². The van der Waals surface area contributed by atoms with Crippen LogP contribution in [0.1, 0.15) is 25.5 Å². The molecule has 0 saturated carbocycles. The number of nitrogens with zero attached hydrogens (tertiary/aromatic N) is 3. The molecule has 3 heterocycles. The lowest BCUT2D eigenvalue weighted by atomic mass is 9.51. The number of nitrogens with one attached hydrogen (secondary N) is 1. The van der Waals surface area contributed by atoms with Gasteiger partial charge in [-0.05, 0) is 6.07 Å². The molecule has 3 fully saturated rings. The molecule has 1 aromatic rings. The smallest absolute Gasteiger partial charge is 0.215 e. The van der Waals surface area contributed by atoms with E-state index in [9.17, 15) is 15.8 Å². The van der Waals surface area contributed by atoms with Crippen molar-refractivity contribution in [1.29, 1.82) is 21.2 Å². The number of methoxy groups -OCH3 is 2. The van der Waals surface area contributed by atoms with Gasteiger partial charge in [0.2, 0.25) is 11.7 Å². The number of hydrogen-bond acceptors (Lipinski definition) is 8. The summed E-state index contributed by atoms with van der Waals surface area (Å²) in [5.41, 5.74) is -3.41. The van der Waals surface area contributed by atoms with Crippen LogP contribution in [0.5, 0.6) is 11.5 Å². The maximum absolute atomic E-state index is 10.1. The normalized spacial score (nSPS) is 33.1. The van der Waals surface area contributed by atoms with Crippen LogP contribution in [0.4, 0.5) is 0 Å². The average Bonchev–Trinajstić information content (AvgIpc) is 2.68. The molecular formula is C19H18N4O4. The summed E-state index contributed by atoms with van der Waals surface area (Å²) >= 11 is 0. The Kier molecular flexibility index (Phi) is 4.03. The molecule has 2 bridgehead atoms. The number of para-hydroxylation sites is 1. The topological polar surface area (TPSA) is 132 Å². The fraction of sp³-hybridized carbons (Fsp3) is 0.474. The fourth-order valence-corrected chi connectivity index (χ4v) is 4.07. The molecule has 1 N–H and O–H groups in total. The van der Waals surface area contributed by atoms with Gasteiger partial charge in [-0.1, -0.05) is 19.1 Å². The molecule has 4 atom stereocenters. The second-order valence-electron chi connectivity index (χ2n) is 6.70. The van der Waals surface area contributed by atoms with E-state index in [-0.39, 0.29) is 0 Å². The average molecular weight is 366 g/mol. The Hall–Kier alpha value is -3.28. The number of fused-ring (bicyclic) bond motifs is 3. The first-order valence-electron chi connectivity index (χ1n) is 8.22. The highest BCUT2D eigenvalue weighted by molar-refractivity contribution is 5.89. The van der Waals surface area contributed by atoms with E-state index in [4.69, 9.17) is 24.4 Å². The zero-order valence-corrected chi connectivity index (χ0v) is 15.4. The SMILES string of the molecule is COc1cccc([C@H]2O[C@]3(C)OC(=N)[C@]2(C#N)C(C#N)(C#N)[C@@H]3C)c1OC. The van der Waals surface area contributed by atoms with E-state index in [0.717, 1.165) is 0 Å². The molecule has 1 aromatic carbocycles. The van der Waals surface area contributed by atoms with E-state index >= 15 is 0 Å². The molecule has 8 nitrogen and oxygen atoms in total. The van der Waals surface area contributed by atoms with E-state index in [0.29, 0.717) is 17.1 Å². The van der Waals surface area contributed by atoms with Crippen LogP contribution in [0, 0.1) is 56.2 Å². The molecule has 0 spiro atoms. The Morgan fingerprint density at radius 3 is 2.30 bits per heavy atom. The van der Waals surface area contributed by atoms with Crippen molar-refractivity contribution in [3.63, 3.8) is 0 Å². The van der Waals surface area contributed by atoms with Crippen molar-refractivity contribution in [3.05, 3.63) is 23.8 Å². The highest BCUT2D eigenvalue weighted by Gasteiger charge is 2.78. The van der Waals surface area contributed by atoms with Crippen LogP contribution in [0.25, 0.3) is 0 Å². The molecule has 27 heavy (non-hydrogen) atoms. The van der Waals surface area contributed by atoms with Crippen LogP contribution < -0.4 is 9.47 Å². The first-order valence-corrected chi connectivity index (χ1v) is 8.22. The molecular weight excluding hydrogens is 348 g/mol. The van der Waals surface area contributed by atoms with E-state index in [1.165, 1.54) is 14.2 Å². The van der Waals surface area contributed by atoms with Gasteiger partial charge in [-0.2, -0.15) is 15.8 Å². The van der Waals surface area contributed by atoms with E-state index in [2.05, 4.69) is 0 Å². The molecule has 0 unspecified atom stereocenters. The van der Waals surface area contributed by atoms with Crippen molar-refractivity contribution < 1.29 is 18.9 Å². The van der Waals surface area contributed by atoms with Crippen molar-refractivity contribution in [2.75, 3.05) is 14.2 Å². The van der Waals surface area contributed by atoms with Crippen molar-refractivity contribution in [1.82, 2.24) is 0 Å². The molecule has 3 aliphatic rings. The zero-order chi connectivity index (χ0) is 20.0. The van der Waals surface area contributed by atoms with Gasteiger partial charge < -0.3 is 18.9 Å². The first kappa shape index (κ1) is 18.5. The molecule has 0 radical (unpaired) electrons. The maximum atomic E-state index is 10.1. The number of nitriles is 3. The summed E-state index contributed by atoms with van der Waals surface area (Å²) in [6, 6.07) is 11.0. The molecule has 3 aliphatic heterocycles. The predicted octanol–water partition coefficient (Wildman–Crippen LogP) is 2.68. The van der Waals surface area contributed by atoms with Gasteiger partial charge in [0, 0.05) is 12.5 Å². The van der Waals surface area contributed by atoms with Crippen molar-refractivity contribution >= 4 is 5.90 Å². The van der Waals surface area contributed by atoms with Crippen LogP contribution in [0.3, 0.4) is 0 Å². The Morgan fingerprint density at radius 2 is 1.78 bits per heavy atom. The minimum absolute atomic E-state index is 0.306. The lowest BCUT2D eigenvalue weighted by Gasteiger charge is -2.60. The first-order chi connectivity index (χ1) is 12.8. The molecule has 0 aromatic heterocycles. The minimum Gasteiger partial charge on any atom is -0.493 e. The van der Waals surface area contributed by atoms with Crippen molar-refractivity contribution in [2.24, 2.45) is 16.7 Å². The highest BCUT2D eigenvalue weighted by Crippen LogP contribution is 2.67. The summed E-state index contributed by atoms with van der Waals surface area (Å²) in [5.74, 6) is -1.96. The van der Waals surface area contributed by atoms with Crippen molar-refractivity contribution in [3.8, 4) is 29.7 Å². The van der Waals surface area contributed by atoms with Crippen LogP contribution in [-0.2, 0) is 9.47 Å². The molecule has 3 saturated heterocycles. The summed E-state index contributed by atoms with van der Waals surface area (Å²) in [7, 11) is 2.91. The molecule has 0 amide bonds. The highest BCUT2D eigenvalue weighted by atomic mass is 16.7. The largest absolute Gasteiger partial charge is 0.493 e. The Morgan fingerprint density at radius 1 is 1.11 bits per heavy atom. The predicted molar refractivity (Wildman–Crippen MR) is 91.5 cm³/mol. The molecule has 138 valence electrons. The number of ether oxygens (including phenoxy) is 4. The number of hydrogen-bond donors (Lipinski definition) is 1. The van der Waals surface area contributed by atoms with Gasteiger partial charge in [0.1, 0.15) is 6.10 Å². The lowest BCUT2D eigenvalue weighted by Crippen LogP contribution is -2.71. The summed E-state index contributed by atoms with van der Waals surface area (Å²) in [4.78, 5) is 0. The van der Waals surface area contributed by atoms with Gasteiger partial charge >= 0.3 is 0 Å². The van der Waals surface area contributed by atoms with Crippen LogP contribution >= 0.6 is 0 Å². The monoisotopic (exact) mass is 366 g/mol. The van der Waals surface area contributed by atoms with Gasteiger partial charge in [-0.3, -0.25) is 5.41 Å². The number of rotatable bonds is 3. The van der Waals surface area contributed by atoms with Crippen LogP contribution in [-0.4, -0.2) is 25.9 Å².